The van der Waals surface area contributed by atoms with Gasteiger partial charge in [0.2, 0.25) is 0 Å². The molecule has 1 aromatic rings. The smallest absolute Gasteiger partial charge is 0.166 e. The van der Waals surface area contributed by atoms with E-state index in [1.165, 1.54) is 6.42 Å². The highest BCUT2D eigenvalue weighted by Gasteiger charge is 2.22. The molecule has 0 saturated heterocycles. The number of aromatic nitrogens is 2. The fourth-order valence-electron chi connectivity index (χ4n) is 2.06. The minimum Gasteiger partial charge on any atom is -0.365 e. The van der Waals surface area contributed by atoms with Gasteiger partial charge in [0.25, 0.3) is 0 Å². The van der Waals surface area contributed by atoms with E-state index < -0.39 is 0 Å². The van der Waals surface area contributed by atoms with E-state index in [-0.39, 0.29) is 0 Å². The molecule has 78 valence electrons. The van der Waals surface area contributed by atoms with Gasteiger partial charge in [-0.1, -0.05) is 6.92 Å². The van der Waals surface area contributed by atoms with E-state index in [2.05, 4.69) is 28.5 Å². The average molecular weight is 202 g/mol. The molecule has 2 atom stereocenters. The zero-order valence-corrected chi connectivity index (χ0v) is 8.77. The first kappa shape index (κ1) is 9.91. The normalized spacial score (nSPS) is 24.8. The third-order valence-corrected chi connectivity index (χ3v) is 2.88. The highest BCUT2D eigenvalue weighted by atomic mass is 15.2. The van der Waals surface area contributed by atoms with E-state index >= 15 is 0 Å². The van der Waals surface area contributed by atoms with Gasteiger partial charge in [-0.05, 0) is 31.2 Å². The number of rotatable bonds is 2. The van der Waals surface area contributed by atoms with Gasteiger partial charge < -0.3 is 5.32 Å². The zero-order valence-electron chi connectivity index (χ0n) is 8.77. The van der Waals surface area contributed by atoms with E-state index in [1.54, 1.807) is 12.3 Å². The van der Waals surface area contributed by atoms with Crippen LogP contribution in [0.4, 0.5) is 5.82 Å². The monoisotopic (exact) mass is 202 g/mol. The van der Waals surface area contributed by atoms with Crippen LogP contribution in [0.3, 0.4) is 0 Å². The highest BCUT2D eigenvalue weighted by molar-refractivity contribution is 5.50. The predicted octanol–water partition coefficient (Wildman–Crippen LogP) is 1.95. The Hall–Kier alpha value is -1.63. The second-order valence-corrected chi connectivity index (χ2v) is 4.16. The van der Waals surface area contributed by atoms with E-state index in [9.17, 15) is 0 Å². The predicted molar refractivity (Wildman–Crippen MR) is 57.2 cm³/mol. The van der Waals surface area contributed by atoms with Crippen LogP contribution in [0, 0.1) is 17.2 Å². The molecule has 4 nitrogen and oxygen atoms in total. The number of hydrogen-bond donors (Lipinski definition) is 1. The van der Waals surface area contributed by atoms with Crippen molar-refractivity contribution in [3.05, 3.63) is 17.8 Å². The van der Waals surface area contributed by atoms with Gasteiger partial charge in [0.15, 0.2) is 5.82 Å². The molecule has 1 N–H and O–H groups in total. The fourth-order valence-corrected chi connectivity index (χ4v) is 2.06. The molecular formula is C11H14N4. The van der Waals surface area contributed by atoms with Crippen molar-refractivity contribution >= 4 is 5.82 Å². The number of hydrogen-bond acceptors (Lipinski definition) is 4. The molecule has 4 heteroatoms. The van der Waals surface area contributed by atoms with Crippen LogP contribution in [-0.4, -0.2) is 16.2 Å². The van der Waals surface area contributed by atoms with E-state index in [0.29, 0.717) is 17.4 Å². The summed E-state index contributed by atoms with van der Waals surface area (Å²) in [6.45, 7) is 2.25. The van der Waals surface area contributed by atoms with Crippen molar-refractivity contribution in [3.8, 4) is 6.07 Å². The largest absolute Gasteiger partial charge is 0.365 e. The minimum atomic E-state index is 0.448. The first-order chi connectivity index (χ1) is 7.29. The maximum absolute atomic E-state index is 8.89. The molecule has 0 spiro atoms. The van der Waals surface area contributed by atoms with Gasteiger partial charge in [0, 0.05) is 6.04 Å². The first-order valence-electron chi connectivity index (χ1n) is 5.28. The molecule has 0 radical (unpaired) electrons. The van der Waals surface area contributed by atoms with Crippen molar-refractivity contribution < 1.29 is 0 Å². The number of anilines is 1. The molecule has 1 saturated carbocycles. The highest BCUT2D eigenvalue weighted by Crippen LogP contribution is 2.27. The van der Waals surface area contributed by atoms with Gasteiger partial charge >= 0.3 is 0 Å². The van der Waals surface area contributed by atoms with Crippen LogP contribution in [0.5, 0.6) is 0 Å². The third-order valence-electron chi connectivity index (χ3n) is 2.88. The molecule has 2 rings (SSSR count). The van der Waals surface area contributed by atoms with Gasteiger partial charge in [0.1, 0.15) is 6.07 Å². The molecule has 0 bridgehead atoms. The van der Waals surface area contributed by atoms with Crippen LogP contribution in [-0.2, 0) is 0 Å². The van der Waals surface area contributed by atoms with E-state index in [1.807, 2.05) is 0 Å². The Bertz CT molecular complexity index is 382. The summed E-state index contributed by atoms with van der Waals surface area (Å²) >= 11 is 0. The Kier molecular flexibility index (Phi) is 2.82. The summed E-state index contributed by atoms with van der Waals surface area (Å²) in [5.74, 6) is 1.39. The lowest BCUT2D eigenvalue weighted by atomic mass is 10.1. The van der Waals surface area contributed by atoms with Crippen LogP contribution < -0.4 is 5.32 Å². The van der Waals surface area contributed by atoms with Crippen molar-refractivity contribution in [1.82, 2.24) is 10.2 Å². The Labute approximate surface area is 89.3 Å². The van der Waals surface area contributed by atoms with Gasteiger partial charge in [-0.2, -0.15) is 10.4 Å². The Morgan fingerprint density at radius 3 is 3.07 bits per heavy atom. The zero-order chi connectivity index (χ0) is 10.7. The van der Waals surface area contributed by atoms with Gasteiger partial charge in [-0.3, -0.25) is 0 Å². The lowest BCUT2D eigenvalue weighted by Crippen LogP contribution is -2.17. The molecule has 0 aromatic carbocycles. The SMILES string of the molecule is CC1CCC(Nc2nnccc2C#N)C1. The second-order valence-electron chi connectivity index (χ2n) is 4.16. The van der Waals surface area contributed by atoms with Gasteiger partial charge in [-0.15, -0.1) is 5.10 Å². The first-order valence-corrected chi connectivity index (χ1v) is 5.28. The quantitative estimate of drug-likeness (QED) is 0.796. The summed E-state index contributed by atoms with van der Waals surface area (Å²) in [5, 5.41) is 19.9. The van der Waals surface area contributed by atoms with Crippen molar-refractivity contribution in [2.24, 2.45) is 5.92 Å². The van der Waals surface area contributed by atoms with Crippen molar-refractivity contribution in [2.75, 3.05) is 5.32 Å². The molecule has 1 aliphatic rings. The van der Waals surface area contributed by atoms with Crippen molar-refractivity contribution in [3.63, 3.8) is 0 Å². The molecular weight excluding hydrogens is 188 g/mol. The average Bonchev–Trinajstić information content (AvgIpc) is 2.65. The van der Waals surface area contributed by atoms with Gasteiger partial charge in [-0.25, -0.2) is 0 Å². The molecule has 0 aliphatic heterocycles. The fraction of sp³-hybridized carbons (Fsp3) is 0.545. The summed E-state index contributed by atoms with van der Waals surface area (Å²) in [4.78, 5) is 0. The van der Waals surface area contributed by atoms with Gasteiger partial charge in [0.05, 0.1) is 11.8 Å². The van der Waals surface area contributed by atoms with Crippen molar-refractivity contribution in [2.45, 2.75) is 32.2 Å². The summed E-state index contributed by atoms with van der Waals surface area (Å²) in [7, 11) is 0. The number of nitrogens with zero attached hydrogens (tertiary/aromatic N) is 3. The lowest BCUT2D eigenvalue weighted by Gasteiger charge is -2.12. The molecule has 1 aliphatic carbocycles. The minimum absolute atomic E-state index is 0.448. The summed E-state index contributed by atoms with van der Waals surface area (Å²) < 4.78 is 0. The third kappa shape index (κ3) is 2.24. The van der Waals surface area contributed by atoms with Crippen molar-refractivity contribution in [1.29, 1.82) is 5.26 Å². The Morgan fingerprint density at radius 1 is 1.53 bits per heavy atom. The topological polar surface area (TPSA) is 61.6 Å². The molecule has 15 heavy (non-hydrogen) atoms. The molecule has 1 heterocycles. The van der Waals surface area contributed by atoms with Crippen LogP contribution in [0.1, 0.15) is 31.7 Å². The van der Waals surface area contributed by atoms with Crippen LogP contribution in [0.2, 0.25) is 0 Å². The van der Waals surface area contributed by atoms with E-state index in [0.717, 1.165) is 18.8 Å². The molecule has 1 aromatic heterocycles. The summed E-state index contributed by atoms with van der Waals surface area (Å²) in [6.07, 6.45) is 5.10. The standard InChI is InChI=1S/C11H14N4/c1-8-2-3-10(6-8)14-11-9(7-12)4-5-13-15-11/h4-5,8,10H,2-3,6H2,1H3,(H,14,15). The van der Waals surface area contributed by atoms with Crippen LogP contribution in [0.25, 0.3) is 0 Å². The lowest BCUT2D eigenvalue weighted by molar-refractivity contribution is 0.602. The molecule has 2 unspecified atom stereocenters. The maximum atomic E-state index is 8.89. The van der Waals surface area contributed by atoms with Crippen LogP contribution >= 0.6 is 0 Å². The summed E-state index contributed by atoms with van der Waals surface area (Å²) in [6, 6.07) is 4.25. The summed E-state index contributed by atoms with van der Waals surface area (Å²) in [5.41, 5.74) is 0.574. The van der Waals surface area contributed by atoms with E-state index in [4.69, 9.17) is 5.26 Å². The number of nitriles is 1. The van der Waals surface area contributed by atoms with Crippen LogP contribution in [0.15, 0.2) is 12.3 Å². The number of nitrogens with one attached hydrogen (secondary N) is 1. The maximum Gasteiger partial charge on any atom is 0.166 e. The Balaban J connectivity index is 2.08. The second kappa shape index (κ2) is 4.26. The molecule has 0 amide bonds. The Morgan fingerprint density at radius 2 is 2.40 bits per heavy atom. The molecule has 1 fully saturated rings.